The third-order valence-electron chi connectivity index (χ3n) is 3.23. The summed E-state index contributed by atoms with van der Waals surface area (Å²) in [4.78, 5) is 0. The van der Waals surface area contributed by atoms with Gasteiger partial charge in [-0.25, -0.2) is 0 Å². The Bertz CT molecular complexity index is 527. The van der Waals surface area contributed by atoms with Gasteiger partial charge in [0.1, 0.15) is 0 Å². The molecule has 16 heavy (non-hydrogen) atoms. The Labute approximate surface area is 96.7 Å². The maximum absolute atomic E-state index is 9.28. The predicted octanol–water partition coefficient (Wildman–Crippen LogP) is 3.96. The Kier molecular flexibility index (Phi) is 2.66. The second-order valence-electron chi connectivity index (χ2n) is 4.41. The number of allylic oxidation sites excluding steroid dienone is 3. The Morgan fingerprint density at radius 2 is 2.00 bits per heavy atom. The van der Waals surface area contributed by atoms with Crippen LogP contribution in [-0.4, -0.2) is 0 Å². The first kappa shape index (κ1) is 10.7. The highest BCUT2D eigenvalue weighted by molar-refractivity contribution is 5.86. The second-order valence-corrected chi connectivity index (χ2v) is 4.41. The first-order valence-electron chi connectivity index (χ1n) is 5.53. The Hall–Kier alpha value is -1.81. The molecule has 1 unspecified atom stereocenters. The van der Waals surface area contributed by atoms with Gasteiger partial charge in [-0.05, 0) is 36.5 Å². The number of hydrogen-bond acceptors (Lipinski definition) is 1. The number of rotatable bonds is 0. The van der Waals surface area contributed by atoms with Gasteiger partial charge in [-0.15, -0.1) is 0 Å². The van der Waals surface area contributed by atoms with Crippen LogP contribution in [0.5, 0.6) is 0 Å². The average molecular weight is 209 g/mol. The van der Waals surface area contributed by atoms with Crippen LogP contribution in [0.4, 0.5) is 0 Å². The zero-order chi connectivity index (χ0) is 11.7. The highest BCUT2D eigenvalue weighted by atomic mass is 14.3. The molecule has 0 spiro atoms. The van der Waals surface area contributed by atoms with Crippen LogP contribution >= 0.6 is 0 Å². The lowest BCUT2D eigenvalue weighted by molar-refractivity contribution is 0.874. The average Bonchev–Trinajstić information content (AvgIpc) is 2.38. The van der Waals surface area contributed by atoms with Gasteiger partial charge < -0.3 is 0 Å². The van der Waals surface area contributed by atoms with Gasteiger partial charge >= 0.3 is 0 Å². The summed E-state index contributed by atoms with van der Waals surface area (Å²) >= 11 is 0. The molecule has 0 heterocycles. The van der Waals surface area contributed by atoms with E-state index in [1.54, 1.807) is 0 Å². The van der Waals surface area contributed by atoms with E-state index in [2.05, 4.69) is 50.3 Å². The molecule has 0 bridgehead atoms. The largest absolute Gasteiger partial charge is 0.192 e. The zero-order valence-corrected chi connectivity index (χ0v) is 9.91. The van der Waals surface area contributed by atoms with Gasteiger partial charge in [-0.2, -0.15) is 5.26 Å². The van der Waals surface area contributed by atoms with Gasteiger partial charge in [-0.1, -0.05) is 42.8 Å². The maximum atomic E-state index is 9.28. The molecule has 1 aliphatic carbocycles. The minimum atomic E-state index is 0.336. The molecule has 0 fully saturated rings. The number of fused-ring (bicyclic) bond motifs is 1. The molecule has 0 saturated carbocycles. The van der Waals surface area contributed by atoms with Crippen LogP contribution in [0, 0.1) is 24.2 Å². The number of aryl methyl sites for hydroxylation is 1. The van der Waals surface area contributed by atoms with Gasteiger partial charge in [0.25, 0.3) is 0 Å². The van der Waals surface area contributed by atoms with Crippen LogP contribution in [0.15, 0.2) is 29.8 Å². The van der Waals surface area contributed by atoms with E-state index in [0.717, 1.165) is 22.3 Å². The molecule has 0 amide bonds. The van der Waals surface area contributed by atoms with Crippen molar-refractivity contribution in [3.8, 4) is 6.07 Å². The van der Waals surface area contributed by atoms with Crippen LogP contribution < -0.4 is 0 Å². The summed E-state index contributed by atoms with van der Waals surface area (Å²) in [6.45, 7) is 6.25. The summed E-state index contributed by atoms with van der Waals surface area (Å²) in [5, 5.41) is 9.28. The van der Waals surface area contributed by atoms with Crippen molar-refractivity contribution in [2.24, 2.45) is 5.92 Å². The van der Waals surface area contributed by atoms with Crippen LogP contribution in [0.25, 0.3) is 11.6 Å². The van der Waals surface area contributed by atoms with Crippen LogP contribution in [0.2, 0.25) is 0 Å². The Morgan fingerprint density at radius 1 is 1.25 bits per heavy atom. The lowest BCUT2D eigenvalue weighted by atomic mass is 9.94. The first-order chi connectivity index (χ1) is 7.63. The highest BCUT2D eigenvalue weighted by Gasteiger charge is 2.15. The van der Waals surface area contributed by atoms with Crippen molar-refractivity contribution in [2.75, 3.05) is 0 Å². The molecular formula is C15H15N. The molecule has 80 valence electrons. The summed E-state index contributed by atoms with van der Waals surface area (Å²) in [5.74, 6) is 0.336. The van der Waals surface area contributed by atoms with Gasteiger partial charge in [-0.3, -0.25) is 0 Å². The topological polar surface area (TPSA) is 23.8 Å². The number of hydrogen-bond donors (Lipinski definition) is 0. The third kappa shape index (κ3) is 1.67. The molecule has 1 aliphatic rings. The molecule has 0 aliphatic heterocycles. The molecule has 0 radical (unpaired) electrons. The van der Waals surface area contributed by atoms with E-state index in [0.29, 0.717) is 5.92 Å². The highest BCUT2D eigenvalue weighted by Crippen LogP contribution is 2.31. The molecule has 1 aromatic rings. The summed E-state index contributed by atoms with van der Waals surface area (Å²) < 4.78 is 0. The van der Waals surface area contributed by atoms with Gasteiger partial charge in [0.15, 0.2) is 0 Å². The molecule has 0 saturated heterocycles. The van der Waals surface area contributed by atoms with Crippen molar-refractivity contribution in [3.63, 3.8) is 0 Å². The van der Waals surface area contributed by atoms with E-state index in [9.17, 15) is 5.26 Å². The quantitative estimate of drug-likeness (QED) is 0.634. The fourth-order valence-corrected chi connectivity index (χ4v) is 2.03. The molecule has 2 rings (SSSR count). The smallest absolute Gasteiger partial charge is 0.0997 e. The summed E-state index contributed by atoms with van der Waals surface area (Å²) in [6, 6.07) is 8.59. The van der Waals surface area contributed by atoms with Crippen LogP contribution in [0.1, 0.15) is 30.5 Å². The van der Waals surface area contributed by atoms with E-state index in [4.69, 9.17) is 0 Å². The number of benzene rings is 1. The minimum absolute atomic E-state index is 0.336. The molecule has 1 heteroatoms. The second kappa shape index (κ2) is 3.98. The van der Waals surface area contributed by atoms with Crippen molar-refractivity contribution in [1.29, 1.82) is 5.26 Å². The van der Waals surface area contributed by atoms with Gasteiger partial charge in [0, 0.05) is 0 Å². The Balaban J connectivity index is 2.73. The van der Waals surface area contributed by atoms with Crippen molar-refractivity contribution in [1.82, 2.24) is 0 Å². The Morgan fingerprint density at radius 3 is 2.69 bits per heavy atom. The molecule has 0 aromatic heterocycles. The molecule has 0 N–H and O–H groups in total. The maximum Gasteiger partial charge on any atom is 0.0997 e. The van der Waals surface area contributed by atoms with E-state index in [1.165, 1.54) is 5.56 Å². The van der Waals surface area contributed by atoms with Crippen molar-refractivity contribution in [3.05, 3.63) is 46.5 Å². The van der Waals surface area contributed by atoms with Crippen LogP contribution in [0.3, 0.4) is 0 Å². The summed E-state index contributed by atoms with van der Waals surface area (Å²) in [7, 11) is 0. The lowest BCUT2D eigenvalue weighted by Gasteiger charge is -2.09. The fraction of sp³-hybridized carbons (Fsp3) is 0.267. The molecule has 1 aromatic carbocycles. The van der Waals surface area contributed by atoms with Gasteiger partial charge in [0.05, 0.1) is 11.6 Å². The van der Waals surface area contributed by atoms with E-state index >= 15 is 0 Å². The third-order valence-corrected chi connectivity index (χ3v) is 3.23. The minimum Gasteiger partial charge on any atom is -0.192 e. The normalized spacial score (nSPS) is 19.0. The number of nitriles is 1. The number of nitrogens with zero attached hydrogens (tertiary/aromatic N) is 1. The predicted molar refractivity (Wildman–Crippen MR) is 67.6 cm³/mol. The first-order valence-corrected chi connectivity index (χ1v) is 5.53. The monoisotopic (exact) mass is 209 g/mol. The van der Waals surface area contributed by atoms with Crippen LogP contribution in [-0.2, 0) is 0 Å². The standard InChI is InChI=1S/C15H15N/c1-10-4-7-14-13(8-10)6-5-11(2)12(3)15(14)9-16/h4-8,11H,1-3H3. The van der Waals surface area contributed by atoms with E-state index in [1.807, 2.05) is 6.92 Å². The summed E-state index contributed by atoms with van der Waals surface area (Å²) in [5.41, 5.74) is 5.42. The molecule has 1 atom stereocenters. The fourth-order valence-electron chi connectivity index (χ4n) is 2.03. The summed E-state index contributed by atoms with van der Waals surface area (Å²) in [6.07, 6.45) is 4.29. The van der Waals surface area contributed by atoms with Crippen molar-refractivity contribution >= 4 is 11.6 Å². The molecular weight excluding hydrogens is 194 g/mol. The zero-order valence-electron chi connectivity index (χ0n) is 9.91. The van der Waals surface area contributed by atoms with E-state index in [-0.39, 0.29) is 0 Å². The van der Waals surface area contributed by atoms with E-state index < -0.39 is 0 Å². The molecule has 1 nitrogen and oxygen atoms in total. The van der Waals surface area contributed by atoms with Crippen molar-refractivity contribution in [2.45, 2.75) is 20.8 Å². The van der Waals surface area contributed by atoms with Crippen molar-refractivity contribution < 1.29 is 0 Å². The van der Waals surface area contributed by atoms with Gasteiger partial charge in [0.2, 0.25) is 0 Å². The SMILES string of the molecule is CC1=C(C#N)c2ccc(C)cc2C=CC1C. The lowest BCUT2D eigenvalue weighted by Crippen LogP contribution is -1.94.